The molecule has 16 heavy (non-hydrogen) atoms. The van der Waals surface area contributed by atoms with E-state index in [0.717, 1.165) is 5.57 Å². The van der Waals surface area contributed by atoms with Crippen molar-refractivity contribution >= 4 is 0 Å². The largest absolute Gasteiger partial charge is 0.238 e. The minimum absolute atomic E-state index is 0.658. The zero-order valence-electron chi connectivity index (χ0n) is 11.1. The Morgan fingerprint density at radius 3 is 2.06 bits per heavy atom. The highest BCUT2D eigenvalue weighted by Crippen LogP contribution is 2.46. The van der Waals surface area contributed by atoms with Crippen molar-refractivity contribution in [3.63, 3.8) is 0 Å². The van der Waals surface area contributed by atoms with Crippen molar-refractivity contribution < 1.29 is 4.39 Å². The van der Waals surface area contributed by atoms with E-state index in [1.165, 1.54) is 0 Å². The van der Waals surface area contributed by atoms with Gasteiger partial charge in [0.05, 0.1) is 0 Å². The van der Waals surface area contributed by atoms with Gasteiger partial charge >= 0.3 is 0 Å². The van der Waals surface area contributed by atoms with Crippen molar-refractivity contribution in [2.24, 2.45) is 5.41 Å². The van der Waals surface area contributed by atoms with Gasteiger partial charge in [0, 0.05) is 5.41 Å². The quantitative estimate of drug-likeness (QED) is 0.453. The molecule has 0 aromatic heterocycles. The average Bonchev–Trinajstić information content (AvgIpc) is 2.17. The van der Waals surface area contributed by atoms with Crippen molar-refractivity contribution in [1.82, 2.24) is 0 Å². The van der Waals surface area contributed by atoms with Crippen molar-refractivity contribution in [2.45, 2.75) is 40.3 Å². The Bertz CT molecular complexity index is 331. The Hall–Kier alpha value is -1.11. The van der Waals surface area contributed by atoms with Crippen LogP contribution in [-0.2, 0) is 0 Å². The molecule has 0 rings (SSSR count). The van der Waals surface area contributed by atoms with Crippen LogP contribution in [0, 0.1) is 5.41 Å². The van der Waals surface area contributed by atoms with Gasteiger partial charge in [0.1, 0.15) is 5.67 Å². The maximum atomic E-state index is 14.9. The lowest BCUT2D eigenvalue weighted by atomic mass is 9.68. The highest BCUT2D eigenvalue weighted by atomic mass is 19.1. The zero-order chi connectivity index (χ0) is 13.0. The Morgan fingerprint density at radius 1 is 1.25 bits per heavy atom. The molecule has 1 heteroatoms. The first kappa shape index (κ1) is 14.9. The number of allylic oxidation sites excluding steroid dienone is 6. The fraction of sp³-hybridized carbons (Fsp3) is 0.467. The second-order valence-electron chi connectivity index (χ2n) is 4.57. The van der Waals surface area contributed by atoms with E-state index in [1.807, 2.05) is 32.9 Å². The topological polar surface area (TPSA) is 0 Å². The van der Waals surface area contributed by atoms with Gasteiger partial charge in [-0.25, -0.2) is 4.39 Å². The molecule has 0 aromatic carbocycles. The van der Waals surface area contributed by atoms with E-state index in [2.05, 4.69) is 13.2 Å². The van der Waals surface area contributed by atoms with Gasteiger partial charge in [-0.05, 0) is 40.2 Å². The lowest BCUT2D eigenvalue weighted by Gasteiger charge is -2.40. The summed E-state index contributed by atoms with van der Waals surface area (Å²) in [7, 11) is 0. The third-order valence-corrected chi connectivity index (χ3v) is 3.47. The molecule has 0 aliphatic heterocycles. The van der Waals surface area contributed by atoms with E-state index in [4.69, 9.17) is 0 Å². The van der Waals surface area contributed by atoms with Crippen LogP contribution in [0.1, 0.15) is 34.6 Å². The van der Waals surface area contributed by atoms with Crippen molar-refractivity contribution in [1.29, 1.82) is 0 Å². The molecule has 0 N–H and O–H groups in total. The third-order valence-electron chi connectivity index (χ3n) is 3.47. The van der Waals surface area contributed by atoms with Crippen LogP contribution in [0.25, 0.3) is 0 Å². The predicted octanol–water partition coefficient (Wildman–Crippen LogP) is 5.01. The summed E-state index contributed by atoms with van der Waals surface area (Å²) in [5, 5.41) is 0. The van der Waals surface area contributed by atoms with Gasteiger partial charge in [-0.2, -0.15) is 0 Å². The average molecular weight is 222 g/mol. The summed E-state index contributed by atoms with van der Waals surface area (Å²) < 4.78 is 14.9. The minimum Gasteiger partial charge on any atom is -0.238 e. The van der Waals surface area contributed by atoms with Crippen LogP contribution in [0.2, 0.25) is 0 Å². The smallest absolute Gasteiger partial charge is 0.141 e. The molecule has 0 radical (unpaired) electrons. The molecule has 0 aliphatic carbocycles. The molecular weight excluding hydrogens is 199 g/mol. The van der Waals surface area contributed by atoms with Gasteiger partial charge in [-0.15, -0.1) is 0 Å². The number of hydrogen-bond acceptors (Lipinski definition) is 0. The van der Waals surface area contributed by atoms with E-state index < -0.39 is 11.1 Å². The summed E-state index contributed by atoms with van der Waals surface area (Å²) >= 11 is 0. The minimum atomic E-state index is -1.46. The molecule has 0 fully saturated rings. The van der Waals surface area contributed by atoms with Gasteiger partial charge in [-0.1, -0.05) is 43.0 Å². The summed E-state index contributed by atoms with van der Waals surface area (Å²) in [4.78, 5) is 0. The van der Waals surface area contributed by atoms with E-state index >= 15 is 0 Å². The van der Waals surface area contributed by atoms with Crippen LogP contribution in [0.15, 0.2) is 48.6 Å². The predicted molar refractivity (Wildman–Crippen MR) is 71.2 cm³/mol. The van der Waals surface area contributed by atoms with E-state index in [9.17, 15) is 4.39 Å². The highest BCUT2D eigenvalue weighted by Gasteiger charge is 2.44. The van der Waals surface area contributed by atoms with Crippen LogP contribution in [0.5, 0.6) is 0 Å². The molecule has 90 valence electrons. The molecule has 2 atom stereocenters. The zero-order valence-corrected chi connectivity index (χ0v) is 11.1. The second-order valence-corrected chi connectivity index (χ2v) is 4.57. The van der Waals surface area contributed by atoms with E-state index in [1.54, 1.807) is 26.0 Å². The SMILES string of the molecule is C=CC=C(C)C(C)(F)C(C)(C=CC)C(=C)C. The van der Waals surface area contributed by atoms with Crippen LogP contribution in [0.3, 0.4) is 0 Å². The monoisotopic (exact) mass is 222 g/mol. The summed E-state index contributed by atoms with van der Waals surface area (Å²) in [6.07, 6.45) is 7.07. The first-order valence-corrected chi connectivity index (χ1v) is 5.52. The van der Waals surface area contributed by atoms with Crippen molar-refractivity contribution in [2.75, 3.05) is 0 Å². The molecular formula is C15H23F. The Morgan fingerprint density at radius 2 is 1.75 bits per heavy atom. The lowest BCUT2D eigenvalue weighted by Crippen LogP contribution is -2.40. The van der Waals surface area contributed by atoms with Crippen LogP contribution in [0.4, 0.5) is 4.39 Å². The molecule has 2 unspecified atom stereocenters. The molecule has 0 spiro atoms. The summed E-state index contributed by atoms with van der Waals surface area (Å²) in [6.45, 7) is 16.5. The van der Waals surface area contributed by atoms with Gasteiger partial charge in [-0.3, -0.25) is 0 Å². The van der Waals surface area contributed by atoms with Crippen LogP contribution < -0.4 is 0 Å². The summed E-state index contributed by atoms with van der Waals surface area (Å²) in [5.74, 6) is 0. The lowest BCUT2D eigenvalue weighted by molar-refractivity contribution is 0.124. The summed E-state index contributed by atoms with van der Waals surface area (Å²) in [6, 6.07) is 0. The van der Waals surface area contributed by atoms with E-state index in [-0.39, 0.29) is 0 Å². The molecule has 0 saturated carbocycles. The third kappa shape index (κ3) is 2.52. The fourth-order valence-corrected chi connectivity index (χ4v) is 1.78. The van der Waals surface area contributed by atoms with Crippen molar-refractivity contribution in [3.8, 4) is 0 Å². The maximum Gasteiger partial charge on any atom is 0.141 e. The van der Waals surface area contributed by atoms with Crippen molar-refractivity contribution in [3.05, 3.63) is 48.6 Å². The molecule has 0 bridgehead atoms. The first-order chi connectivity index (χ1) is 7.24. The standard InChI is InChI=1S/C15H23F/c1-8-10-13(5)15(7,16)14(6,11-9-2)12(3)4/h8-11H,1,3H2,2,4-7H3. The van der Waals surface area contributed by atoms with Crippen LogP contribution >= 0.6 is 0 Å². The first-order valence-electron chi connectivity index (χ1n) is 5.52. The number of halogens is 1. The Kier molecular flexibility index (Phi) is 4.92. The molecule has 0 amide bonds. The van der Waals surface area contributed by atoms with E-state index in [0.29, 0.717) is 5.57 Å². The molecule has 0 saturated heterocycles. The van der Waals surface area contributed by atoms with Gasteiger partial charge in [0.25, 0.3) is 0 Å². The molecule has 0 aromatic rings. The Balaban J connectivity index is 5.62. The summed E-state index contributed by atoms with van der Waals surface area (Å²) in [5.41, 5.74) is -0.677. The normalized spacial score (nSPS) is 20.2. The molecule has 0 nitrogen and oxygen atoms in total. The molecule has 0 heterocycles. The van der Waals surface area contributed by atoms with Gasteiger partial charge < -0.3 is 0 Å². The van der Waals surface area contributed by atoms with Gasteiger partial charge in [0.2, 0.25) is 0 Å². The number of hydrogen-bond donors (Lipinski definition) is 0. The van der Waals surface area contributed by atoms with Gasteiger partial charge in [0.15, 0.2) is 0 Å². The second kappa shape index (κ2) is 5.29. The highest BCUT2D eigenvalue weighted by molar-refractivity contribution is 5.33. The number of rotatable bonds is 5. The fourth-order valence-electron chi connectivity index (χ4n) is 1.78. The van der Waals surface area contributed by atoms with Crippen LogP contribution in [-0.4, -0.2) is 5.67 Å². The maximum absolute atomic E-state index is 14.9. The Labute approximate surface area is 99.3 Å². The molecule has 0 aliphatic rings. The number of alkyl halides is 1.